The molecular formula is C17H31N3O. The lowest BCUT2D eigenvalue weighted by atomic mass is 9.79. The van der Waals surface area contributed by atoms with E-state index < -0.39 is 5.41 Å². The van der Waals surface area contributed by atoms with Gasteiger partial charge in [0.15, 0.2) is 0 Å². The van der Waals surface area contributed by atoms with Gasteiger partial charge in [-0.25, -0.2) is 0 Å². The molecule has 0 saturated carbocycles. The maximum atomic E-state index is 12.5. The van der Waals surface area contributed by atoms with Crippen molar-refractivity contribution in [2.24, 2.45) is 5.41 Å². The van der Waals surface area contributed by atoms with Crippen molar-refractivity contribution < 1.29 is 4.79 Å². The summed E-state index contributed by atoms with van der Waals surface area (Å²) in [5.74, 6) is -0.0717. The van der Waals surface area contributed by atoms with E-state index >= 15 is 0 Å². The minimum Gasteiger partial charge on any atom is -0.353 e. The van der Waals surface area contributed by atoms with Gasteiger partial charge in [-0.05, 0) is 45.7 Å². The molecule has 1 saturated heterocycles. The van der Waals surface area contributed by atoms with E-state index in [-0.39, 0.29) is 5.91 Å². The summed E-state index contributed by atoms with van der Waals surface area (Å²) >= 11 is 0. The summed E-state index contributed by atoms with van der Waals surface area (Å²) in [6, 6.07) is 2.65. The molecule has 120 valence electrons. The van der Waals surface area contributed by atoms with Crippen molar-refractivity contribution in [1.82, 2.24) is 10.2 Å². The van der Waals surface area contributed by atoms with Gasteiger partial charge in [0.25, 0.3) is 0 Å². The molecule has 1 aliphatic heterocycles. The van der Waals surface area contributed by atoms with Crippen LogP contribution in [-0.4, -0.2) is 36.5 Å². The van der Waals surface area contributed by atoms with E-state index in [0.29, 0.717) is 25.4 Å². The summed E-state index contributed by atoms with van der Waals surface area (Å²) in [6.07, 6.45) is 6.87. The zero-order valence-corrected chi connectivity index (χ0v) is 14.0. The first-order valence-corrected chi connectivity index (χ1v) is 8.53. The Morgan fingerprint density at radius 1 is 1.24 bits per heavy atom. The molecule has 0 aromatic heterocycles. The number of rotatable bonds is 8. The van der Waals surface area contributed by atoms with Crippen LogP contribution in [-0.2, 0) is 4.79 Å². The maximum absolute atomic E-state index is 12.5. The molecule has 0 bridgehead atoms. The first-order chi connectivity index (χ1) is 10.1. The lowest BCUT2D eigenvalue weighted by molar-refractivity contribution is -0.129. The topological polar surface area (TPSA) is 56.1 Å². The van der Waals surface area contributed by atoms with E-state index in [1.807, 2.05) is 13.8 Å². The number of piperidine rings is 1. The fourth-order valence-electron chi connectivity index (χ4n) is 3.27. The molecule has 21 heavy (non-hydrogen) atoms. The fourth-order valence-corrected chi connectivity index (χ4v) is 3.27. The summed E-state index contributed by atoms with van der Waals surface area (Å²) in [5, 5.41) is 12.5. The van der Waals surface area contributed by atoms with Crippen LogP contribution in [0.5, 0.6) is 0 Å². The van der Waals surface area contributed by atoms with Crippen molar-refractivity contribution >= 4 is 5.91 Å². The van der Waals surface area contributed by atoms with E-state index in [2.05, 4.69) is 23.2 Å². The number of nitriles is 1. The van der Waals surface area contributed by atoms with Gasteiger partial charge in [-0.2, -0.15) is 5.26 Å². The van der Waals surface area contributed by atoms with E-state index in [0.717, 1.165) is 25.9 Å². The van der Waals surface area contributed by atoms with Crippen LogP contribution in [0.25, 0.3) is 0 Å². The van der Waals surface area contributed by atoms with Crippen LogP contribution in [0.1, 0.15) is 65.7 Å². The highest BCUT2D eigenvalue weighted by Crippen LogP contribution is 2.29. The lowest BCUT2D eigenvalue weighted by Gasteiger charge is -2.33. The number of nitrogens with zero attached hydrogens (tertiary/aromatic N) is 2. The second-order valence-corrected chi connectivity index (χ2v) is 6.35. The number of hydrogen-bond acceptors (Lipinski definition) is 3. The van der Waals surface area contributed by atoms with Crippen LogP contribution in [0.3, 0.4) is 0 Å². The van der Waals surface area contributed by atoms with Crippen molar-refractivity contribution in [2.45, 2.75) is 71.8 Å². The Bertz CT molecular complexity index is 350. The molecular weight excluding hydrogens is 262 g/mol. The SMILES string of the molecule is CCCC(C#N)(CCC)C(=O)NCC(C)N1CCCCC1. The highest BCUT2D eigenvalue weighted by molar-refractivity contribution is 5.85. The van der Waals surface area contributed by atoms with Crippen LogP contribution in [0.15, 0.2) is 0 Å². The van der Waals surface area contributed by atoms with Crippen LogP contribution in [0, 0.1) is 16.7 Å². The molecule has 1 atom stereocenters. The first kappa shape index (κ1) is 18.0. The van der Waals surface area contributed by atoms with Crippen molar-refractivity contribution in [3.8, 4) is 6.07 Å². The average molecular weight is 293 g/mol. The Morgan fingerprint density at radius 2 is 1.81 bits per heavy atom. The second kappa shape index (κ2) is 9.04. The Labute approximate surface area is 129 Å². The monoisotopic (exact) mass is 293 g/mol. The summed E-state index contributed by atoms with van der Waals surface area (Å²) in [6.45, 7) is 9.14. The van der Waals surface area contributed by atoms with Gasteiger partial charge in [-0.3, -0.25) is 9.69 Å². The number of hydrogen-bond donors (Lipinski definition) is 1. The predicted octanol–water partition coefficient (Wildman–Crippen LogP) is 3.09. The smallest absolute Gasteiger partial charge is 0.240 e. The molecule has 0 aromatic rings. The Morgan fingerprint density at radius 3 is 2.29 bits per heavy atom. The molecule has 1 rings (SSSR count). The maximum Gasteiger partial charge on any atom is 0.240 e. The quantitative estimate of drug-likeness (QED) is 0.748. The van der Waals surface area contributed by atoms with Gasteiger partial charge < -0.3 is 5.32 Å². The molecule has 0 spiro atoms. The number of carbonyl (C=O) groups is 1. The van der Waals surface area contributed by atoms with Gasteiger partial charge in [0.05, 0.1) is 6.07 Å². The number of nitrogens with one attached hydrogen (secondary N) is 1. The van der Waals surface area contributed by atoms with Crippen LogP contribution < -0.4 is 5.32 Å². The van der Waals surface area contributed by atoms with Crippen molar-refractivity contribution in [2.75, 3.05) is 19.6 Å². The van der Waals surface area contributed by atoms with Crippen molar-refractivity contribution in [3.63, 3.8) is 0 Å². The first-order valence-electron chi connectivity index (χ1n) is 8.53. The largest absolute Gasteiger partial charge is 0.353 e. The van der Waals surface area contributed by atoms with Gasteiger partial charge in [-0.15, -0.1) is 0 Å². The number of likely N-dealkylation sites (tertiary alicyclic amines) is 1. The summed E-state index contributed by atoms with van der Waals surface area (Å²) in [7, 11) is 0. The second-order valence-electron chi connectivity index (χ2n) is 6.35. The Hall–Kier alpha value is -1.08. The van der Waals surface area contributed by atoms with Gasteiger partial charge in [0.1, 0.15) is 5.41 Å². The minimum absolute atomic E-state index is 0.0717. The van der Waals surface area contributed by atoms with Crippen molar-refractivity contribution in [3.05, 3.63) is 0 Å². The third-order valence-electron chi connectivity index (χ3n) is 4.57. The fraction of sp³-hybridized carbons (Fsp3) is 0.882. The molecule has 1 unspecified atom stereocenters. The number of carbonyl (C=O) groups excluding carboxylic acids is 1. The van der Waals surface area contributed by atoms with Crippen LogP contribution in [0.4, 0.5) is 0 Å². The average Bonchev–Trinajstić information content (AvgIpc) is 2.52. The Kier molecular flexibility index (Phi) is 7.74. The molecule has 4 heteroatoms. The standard InChI is InChI=1S/C17H31N3O/c1-4-9-17(14-18,10-5-2)16(21)19-13-15(3)20-11-7-6-8-12-20/h15H,4-13H2,1-3H3,(H,19,21). The third kappa shape index (κ3) is 5.00. The van der Waals surface area contributed by atoms with Crippen LogP contribution >= 0.6 is 0 Å². The van der Waals surface area contributed by atoms with E-state index in [1.165, 1.54) is 19.3 Å². The molecule has 1 N–H and O–H groups in total. The molecule has 0 aromatic carbocycles. The molecule has 4 nitrogen and oxygen atoms in total. The van der Waals surface area contributed by atoms with Gasteiger partial charge in [0.2, 0.25) is 5.91 Å². The van der Waals surface area contributed by atoms with Crippen molar-refractivity contribution in [1.29, 1.82) is 5.26 Å². The summed E-state index contributed by atoms with van der Waals surface area (Å²) in [5.41, 5.74) is -0.828. The molecule has 1 heterocycles. The molecule has 1 fully saturated rings. The minimum atomic E-state index is -0.828. The predicted molar refractivity (Wildman–Crippen MR) is 85.8 cm³/mol. The zero-order valence-electron chi connectivity index (χ0n) is 14.0. The van der Waals surface area contributed by atoms with E-state index in [1.54, 1.807) is 0 Å². The van der Waals surface area contributed by atoms with E-state index in [4.69, 9.17) is 0 Å². The molecule has 1 amide bonds. The highest BCUT2D eigenvalue weighted by Gasteiger charge is 2.37. The Balaban J connectivity index is 2.54. The lowest BCUT2D eigenvalue weighted by Crippen LogP contribution is -2.48. The van der Waals surface area contributed by atoms with Gasteiger partial charge in [-0.1, -0.05) is 33.1 Å². The molecule has 1 aliphatic rings. The normalized spacial score (nSPS) is 18.0. The van der Waals surface area contributed by atoms with Crippen LogP contribution in [0.2, 0.25) is 0 Å². The zero-order chi connectivity index (χ0) is 15.7. The molecule has 0 radical (unpaired) electrons. The highest BCUT2D eigenvalue weighted by atomic mass is 16.2. The number of amides is 1. The summed E-state index contributed by atoms with van der Waals surface area (Å²) in [4.78, 5) is 15.0. The van der Waals surface area contributed by atoms with Gasteiger partial charge in [0, 0.05) is 12.6 Å². The molecule has 0 aliphatic carbocycles. The van der Waals surface area contributed by atoms with Gasteiger partial charge >= 0.3 is 0 Å². The summed E-state index contributed by atoms with van der Waals surface area (Å²) < 4.78 is 0. The third-order valence-corrected chi connectivity index (χ3v) is 4.57. The van der Waals surface area contributed by atoms with E-state index in [9.17, 15) is 10.1 Å².